The number of carbonyl (C=O) groups is 2. The lowest BCUT2D eigenvalue weighted by Gasteiger charge is -2.33. The number of nitrogens with zero attached hydrogens (tertiary/aromatic N) is 1. The third kappa shape index (κ3) is 20.6. The summed E-state index contributed by atoms with van der Waals surface area (Å²) in [6.07, 6.45) is 19.9. The number of carboxylic acids is 1. The van der Waals surface area contributed by atoms with Gasteiger partial charge in [-0.3, -0.25) is 9.59 Å². The quantitative estimate of drug-likeness (QED) is 0.115. The van der Waals surface area contributed by atoms with Gasteiger partial charge in [0.25, 0.3) is 0 Å². The number of quaternary nitrogens is 1. The van der Waals surface area contributed by atoms with Gasteiger partial charge < -0.3 is 14.3 Å². The molecule has 5 heteroatoms. The molecule has 0 aliphatic heterocycles. The van der Waals surface area contributed by atoms with Gasteiger partial charge in [0, 0.05) is 6.42 Å². The monoisotopic (exact) mass is 442 g/mol. The Balaban J connectivity index is 3.87. The van der Waals surface area contributed by atoms with Crippen LogP contribution in [0.4, 0.5) is 0 Å². The molecule has 31 heavy (non-hydrogen) atoms. The Bertz CT molecular complexity index is 451. The van der Waals surface area contributed by atoms with E-state index in [0.29, 0.717) is 24.0 Å². The highest BCUT2D eigenvalue weighted by molar-refractivity contribution is 5.69. The second-order valence-electron chi connectivity index (χ2n) is 9.84. The van der Waals surface area contributed by atoms with Crippen molar-refractivity contribution in [2.24, 2.45) is 0 Å². The number of aliphatic carboxylic acids is 1. The summed E-state index contributed by atoms with van der Waals surface area (Å²) in [6.45, 7) is 5.31. The van der Waals surface area contributed by atoms with Gasteiger partial charge in [0.15, 0.2) is 6.10 Å². The third-order valence-electron chi connectivity index (χ3n) is 6.10. The Morgan fingerprint density at radius 2 is 1.23 bits per heavy atom. The summed E-state index contributed by atoms with van der Waals surface area (Å²) in [7, 11) is 4.03. The largest absolute Gasteiger partial charge is 0.481 e. The minimum Gasteiger partial charge on any atom is -0.481 e. The van der Waals surface area contributed by atoms with E-state index in [9.17, 15) is 9.59 Å². The van der Waals surface area contributed by atoms with E-state index in [-0.39, 0.29) is 18.5 Å². The van der Waals surface area contributed by atoms with Gasteiger partial charge >= 0.3 is 11.9 Å². The van der Waals surface area contributed by atoms with Crippen molar-refractivity contribution in [3.05, 3.63) is 0 Å². The predicted molar refractivity (Wildman–Crippen MR) is 129 cm³/mol. The Morgan fingerprint density at radius 1 is 0.774 bits per heavy atom. The van der Waals surface area contributed by atoms with Crippen LogP contribution in [0, 0.1) is 0 Å². The topological polar surface area (TPSA) is 63.6 Å². The number of carbonyl (C=O) groups excluding carboxylic acids is 1. The molecule has 0 saturated heterocycles. The minimum absolute atomic E-state index is 0.117. The van der Waals surface area contributed by atoms with Gasteiger partial charge in [-0.05, 0) is 12.8 Å². The van der Waals surface area contributed by atoms with Crippen LogP contribution in [0.1, 0.15) is 123 Å². The molecule has 0 heterocycles. The molecule has 0 aliphatic carbocycles. The summed E-state index contributed by atoms with van der Waals surface area (Å²) in [5.41, 5.74) is 0. The highest BCUT2D eigenvalue weighted by atomic mass is 16.5. The van der Waals surface area contributed by atoms with Gasteiger partial charge in [-0.1, -0.05) is 97.3 Å². The zero-order valence-corrected chi connectivity index (χ0v) is 21.1. The zero-order chi connectivity index (χ0) is 23.4. The lowest BCUT2D eigenvalue weighted by atomic mass is 10.0. The van der Waals surface area contributed by atoms with Crippen LogP contribution in [0.5, 0.6) is 0 Å². The van der Waals surface area contributed by atoms with Crippen LogP contribution in [-0.4, -0.2) is 54.8 Å². The van der Waals surface area contributed by atoms with Crippen molar-refractivity contribution in [1.82, 2.24) is 0 Å². The van der Waals surface area contributed by atoms with Crippen molar-refractivity contribution in [3.63, 3.8) is 0 Å². The molecule has 0 aromatic carbocycles. The Kier molecular flexibility index (Phi) is 18.9. The number of esters is 1. The maximum absolute atomic E-state index is 11.8. The Hall–Kier alpha value is -1.10. The van der Waals surface area contributed by atoms with E-state index < -0.39 is 5.97 Å². The number of unbranched alkanes of at least 4 members (excludes halogenated alkanes) is 13. The van der Waals surface area contributed by atoms with Crippen LogP contribution in [0.3, 0.4) is 0 Å². The summed E-state index contributed by atoms with van der Waals surface area (Å²) in [6, 6.07) is 0. The van der Waals surface area contributed by atoms with Crippen LogP contribution in [0.2, 0.25) is 0 Å². The molecule has 0 fully saturated rings. The molecule has 1 N–H and O–H groups in total. The fraction of sp³-hybridized carbons (Fsp3) is 0.923. The van der Waals surface area contributed by atoms with E-state index in [1.165, 1.54) is 83.5 Å². The lowest BCUT2D eigenvalue weighted by Crippen LogP contribution is -2.47. The Labute approximate surface area is 192 Å². The maximum Gasteiger partial charge on any atom is 0.309 e. The normalized spacial score (nSPS) is 12.6. The van der Waals surface area contributed by atoms with E-state index in [0.717, 1.165) is 12.8 Å². The molecule has 5 nitrogen and oxygen atoms in total. The fourth-order valence-corrected chi connectivity index (χ4v) is 4.06. The fourth-order valence-electron chi connectivity index (χ4n) is 4.06. The van der Waals surface area contributed by atoms with Gasteiger partial charge in [0.1, 0.15) is 6.54 Å². The molecule has 1 atom stereocenters. The molecular weight excluding hydrogens is 390 g/mol. The number of hydrogen-bond acceptors (Lipinski definition) is 3. The average molecular weight is 443 g/mol. The van der Waals surface area contributed by atoms with Crippen molar-refractivity contribution in [1.29, 1.82) is 0 Å². The number of carboxylic acid groups (broad SMARTS) is 1. The smallest absolute Gasteiger partial charge is 0.309 e. The first kappa shape index (κ1) is 29.9. The molecule has 0 aliphatic rings. The van der Waals surface area contributed by atoms with Gasteiger partial charge in [0.2, 0.25) is 0 Å². The zero-order valence-electron chi connectivity index (χ0n) is 21.1. The van der Waals surface area contributed by atoms with Crippen molar-refractivity contribution in [3.8, 4) is 0 Å². The molecule has 0 saturated carbocycles. The second kappa shape index (κ2) is 19.6. The van der Waals surface area contributed by atoms with Crippen molar-refractivity contribution in [2.75, 3.05) is 27.2 Å². The summed E-state index contributed by atoms with van der Waals surface area (Å²) in [4.78, 5) is 22.7. The molecule has 0 amide bonds. The molecule has 1 unspecified atom stereocenters. The molecule has 0 rings (SSSR count). The third-order valence-corrected chi connectivity index (χ3v) is 6.10. The molecule has 0 radical (unpaired) electrons. The highest BCUT2D eigenvalue weighted by Crippen LogP contribution is 2.16. The van der Waals surface area contributed by atoms with Crippen molar-refractivity contribution < 1.29 is 23.9 Å². The molecule has 0 bridgehead atoms. The number of hydrogen-bond donors (Lipinski definition) is 1. The van der Waals surface area contributed by atoms with Crippen LogP contribution in [-0.2, 0) is 14.3 Å². The first-order valence-corrected chi connectivity index (χ1v) is 13.0. The summed E-state index contributed by atoms with van der Waals surface area (Å²) in [5, 5.41) is 8.94. The first-order chi connectivity index (χ1) is 14.8. The predicted octanol–water partition coefficient (Wildman–Crippen LogP) is 6.73. The van der Waals surface area contributed by atoms with Gasteiger partial charge in [0.05, 0.1) is 27.1 Å². The van der Waals surface area contributed by atoms with E-state index >= 15 is 0 Å². The molecule has 0 aromatic heterocycles. The number of likely N-dealkylation sites (N-methyl/N-ethyl adjacent to an activating group) is 1. The summed E-state index contributed by atoms with van der Waals surface area (Å²) >= 11 is 0. The number of ether oxygens (including phenoxy) is 1. The Morgan fingerprint density at radius 3 is 1.65 bits per heavy atom. The number of rotatable bonds is 22. The van der Waals surface area contributed by atoms with E-state index in [2.05, 4.69) is 6.92 Å². The summed E-state index contributed by atoms with van der Waals surface area (Å²) in [5.74, 6) is -0.936. The van der Waals surface area contributed by atoms with Crippen LogP contribution >= 0.6 is 0 Å². The second-order valence-corrected chi connectivity index (χ2v) is 9.84. The molecular formula is C26H52NO4+. The van der Waals surface area contributed by atoms with Crippen molar-refractivity contribution >= 4 is 11.9 Å². The van der Waals surface area contributed by atoms with Gasteiger partial charge in [-0.25, -0.2) is 0 Å². The van der Waals surface area contributed by atoms with Crippen molar-refractivity contribution in [2.45, 2.75) is 129 Å². The minimum atomic E-state index is -0.778. The van der Waals surface area contributed by atoms with Crippen LogP contribution < -0.4 is 0 Å². The van der Waals surface area contributed by atoms with E-state index in [4.69, 9.17) is 9.84 Å². The molecule has 184 valence electrons. The standard InChI is InChI=1S/C26H51NO4/c1-5-7-8-9-10-11-12-13-14-15-16-17-18-19-20-24(31-26(30)6-2)23-27(3,4)22-21-25(28)29/h24H,5-23H2,1-4H3/p+1. The maximum atomic E-state index is 11.8. The summed E-state index contributed by atoms with van der Waals surface area (Å²) < 4.78 is 6.22. The highest BCUT2D eigenvalue weighted by Gasteiger charge is 2.25. The molecule has 0 spiro atoms. The average Bonchev–Trinajstić information content (AvgIpc) is 2.72. The van der Waals surface area contributed by atoms with Crippen LogP contribution in [0.15, 0.2) is 0 Å². The SMILES string of the molecule is CCCCCCCCCCCCCCCCC(C[N+](C)(C)CCC(=O)O)OC(=O)CC. The van der Waals surface area contributed by atoms with E-state index in [1.54, 1.807) is 0 Å². The van der Waals surface area contributed by atoms with Crippen LogP contribution in [0.25, 0.3) is 0 Å². The van der Waals surface area contributed by atoms with Gasteiger partial charge in [-0.2, -0.15) is 0 Å². The van der Waals surface area contributed by atoms with Gasteiger partial charge in [-0.15, -0.1) is 0 Å². The lowest BCUT2D eigenvalue weighted by molar-refractivity contribution is -0.892. The molecule has 0 aromatic rings. The van der Waals surface area contributed by atoms with E-state index in [1.807, 2.05) is 21.0 Å². The first-order valence-electron chi connectivity index (χ1n) is 13.0.